The molecule has 0 spiro atoms. The second kappa shape index (κ2) is 15.3. The van der Waals surface area contributed by atoms with Crippen LogP contribution >= 0.6 is 0 Å². The van der Waals surface area contributed by atoms with E-state index < -0.39 is 0 Å². The Morgan fingerprint density at radius 3 is 2.24 bits per heavy atom. The van der Waals surface area contributed by atoms with E-state index in [1.165, 1.54) is 16.8 Å². The number of nitrogens with zero attached hydrogens (tertiary/aromatic N) is 3. The summed E-state index contributed by atoms with van der Waals surface area (Å²) in [6.07, 6.45) is 13.7. The van der Waals surface area contributed by atoms with E-state index in [1.807, 2.05) is 19.1 Å². The lowest BCUT2D eigenvalue weighted by atomic mass is 9.84. The van der Waals surface area contributed by atoms with Gasteiger partial charge in [0.2, 0.25) is 0 Å². The van der Waals surface area contributed by atoms with Gasteiger partial charge in [0.25, 0.3) is 0 Å². The third-order valence-electron chi connectivity index (χ3n) is 7.22. The lowest BCUT2D eigenvalue weighted by Gasteiger charge is -2.28. The van der Waals surface area contributed by atoms with Crippen LogP contribution in [0, 0.1) is 0 Å². The molecule has 200 valence electrons. The monoisotopic (exact) mass is 499 g/mol. The first kappa shape index (κ1) is 30.3. The van der Waals surface area contributed by atoms with Gasteiger partial charge in [0.1, 0.15) is 5.82 Å². The molecule has 0 radical (unpaired) electrons. The van der Waals surface area contributed by atoms with Gasteiger partial charge in [-0.2, -0.15) is 0 Å². The van der Waals surface area contributed by atoms with Crippen molar-refractivity contribution in [3.63, 3.8) is 0 Å². The molecular weight excluding hydrogens is 450 g/mol. The van der Waals surface area contributed by atoms with Crippen LogP contribution in [0.1, 0.15) is 115 Å². The first-order valence-electron chi connectivity index (χ1n) is 14.3. The quantitative estimate of drug-likeness (QED) is 0.228. The molecule has 1 atom stereocenters. The molecule has 0 amide bonds. The molecule has 2 rings (SSSR count). The Labute approximate surface area is 227 Å². The fourth-order valence-corrected chi connectivity index (χ4v) is 5.14. The molecule has 0 saturated heterocycles. The third kappa shape index (κ3) is 7.77. The van der Waals surface area contributed by atoms with Gasteiger partial charge in [0, 0.05) is 29.6 Å². The summed E-state index contributed by atoms with van der Waals surface area (Å²) in [5.74, 6) is 1.83. The molecule has 0 unspecified atom stereocenters. The molecule has 1 aromatic heterocycles. The first-order valence-corrected chi connectivity index (χ1v) is 14.3. The molecule has 3 heteroatoms. The molecule has 2 aromatic rings. The maximum Gasteiger partial charge on any atom is 0.128 e. The zero-order valence-corrected chi connectivity index (χ0v) is 24.5. The molecule has 0 N–H and O–H groups in total. The average Bonchev–Trinajstić information content (AvgIpc) is 2.92. The van der Waals surface area contributed by atoms with Crippen molar-refractivity contribution in [1.29, 1.82) is 0 Å². The number of aliphatic imine (C=N–C) groups is 1. The molecule has 0 saturated carbocycles. The van der Waals surface area contributed by atoms with Gasteiger partial charge in [-0.3, -0.25) is 4.98 Å². The smallest absolute Gasteiger partial charge is 0.128 e. The van der Waals surface area contributed by atoms with E-state index in [2.05, 4.69) is 96.1 Å². The van der Waals surface area contributed by atoms with Crippen LogP contribution in [0.2, 0.25) is 0 Å². The molecule has 1 heterocycles. The van der Waals surface area contributed by atoms with Crippen LogP contribution in [0.5, 0.6) is 0 Å². The van der Waals surface area contributed by atoms with Crippen LogP contribution in [0.25, 0.3) is 17.3 Å². The summed E-state index contributed by atoms with van der Waals surface area (Å²) in [6, 6.07) is 11.1. The Balaban J connectivity index is 2.81. The van der Waals surface area contributed by atoms with Crippen LogP contribution in [0.3, 0.4) is 0 Å². The van der Waals surface area contributed by atoms with Crippen molar-refractivity contribution in [3.8, 4) is 11.3 Å². The van der Waals surface area contributed by atoms with Gasteiger partial charge < -0.3 is 4.90 Å². The molecule has 37 heavy (non-hydrogen) atoms. The Kier molecular flexibility index (Phi) is 12.6. The Hall–Kier alpha value is -2.94. The zero-order valence-electron chi connectivity index (χ0n) is 24.5. The van der Waals surface area contributed by atoms with Gasteiger partial charge in [0.15, 0.2) is 0 Å². The topological polar surface area (TPSA) is 28.5 Å². The van der Waals surface area contributed by atoms with Crippen LogP contribution in [0.4, 0.5) is 5.69 Å². The predicted molar refractivity (Wildman–Crippen MR) is 166 cm³/mol. The second-order valence-corrected chi connectivity index (χ2v) is 9.98. The van der Waals surface area contributed by atoms with Gasteiger partial charge in [-0.05, 0) is 86.4 Å². The highest BCUT2D eigenvalue weighted by atomic mass is 15.2. The Bertz CT molecular complexity index is 1090. The normalized spacial score (nSPS) is 13.1. The summed E-state index contributed by atoms with van der Waals surface area (Å²) >= 11 is 0. The molecule has 1 aromatic carbocycles. The number of rotatable bonds is 15. The summed E-state index contributed by atoms with van der Waals surface area (Å²) in [4.78, 5) is 12.3. The highest BCUT2D eigenvalue weighted by Crippen LogP contribution is 2.39. The van der Waals surface area contributed by atoms with Gasteiger partial charge >= 0.3 is 0 Å². The summed E-state index contributed by atoms with van der Waals surface area (Å²) in [7, 11) is 2.10. The lowest BCUT2D eigenvalue weighted by molar-refractivity contribution is 0.560. The molecule has 0 bridgehead atoms. The van der Waals surface area contributed by atoms with Gasteiger partial charge in [-0.15, -0.1) is 0 Å². The van der Waals surface area contributed by atoms with Crippen molar-refractivity contribution >= 4 is 17.5 Å². The van der Waals surface area contributed by atoms with Crippen molar-refractivity contribution in [2.45, 2.75) is 98.3 Å². The third-order valence-corrected chi connectivity index (χ3v) is 7.22. The van der Waals surface area contributed by atoms with Crippen LogP contribution in [-0.4, -0.2) is 17.7 Å². The molecule has 0 aliphatic heterocycles. The standard InChI is InChI=1S/C34H49N3/c1-10-18-25(8)31-21-17-22-32(36-31)27-23-30(26(19-11-2)20-12-3)29(15-6)33(24-27)37(9)34(16-7)35-28(13-4)14-5/h13,15-17,21-26H,4,6,10-12,14,18-20H2,1-3,5,7-9H3/b34-16+,35-28+/t25-/m0/s1. The average molecular weight is 500 g/mol. The van der Waals surface area contributed by atoms with Gasteiger partial charge in [0.05, 0.1) is 11.4 Å². The molecular formula is C34H49N3. The van der Waals surface area contributed by atoms with E-state index in [4.69, 9.17) is 9.98 Å². The van der Waals surface area contributed by atoms with E-state index in [0.29, 0.717) is 11.8 Å². The molecule has 0 aliphatic rings. The minimum atomic E-state index is 0.447. The number of benzene rings is 1. The first-order chi connectivity index (χ1) is 17.9. The molecule has 0 fully saturated rings. The fraction of sp³-hybridized carbons (Fsp3) is 0.471. The van der Waals surface area contributed by atoms with Crippen molar-refractivity contribution < 1.29 is 0 Å². The Morgan fingerprint density at radius 2 is 1.70 bits per heavy atom. The van der Waals surface area contributed by atoms with Crippen LogP contribution in [0.15, 0.2) is 66.5 Å². The molecule has 3 nitrogen and oxygen atoms in total. The minimum Gasteiger partial charge on any atom is -0.329 e. The largest absolute Gasteiger partial charge is 0.329 e. The number of anilines is 1. The van der Waals surface area contributed by atoms with Crippen molar-refractivity contribution in [2.75, 3.05) is 11.9 Å². The zero-order chi connectivity index (χ0) is 27.4. The van der Waals surface area contributed by atoms with Crippen molar-refractivity contribution in [2.24, 2.45) is 4.99 Å². The van der Waals surface area contributed by atoms with E-state index in [-0.39, 0.29) is 0 Å². The maximum atomic E-state index is 5.15. The van der Waals surface area contributed by atoms with Crippen LogP contribution < -0.4 is 4.90 Å². The summed E-state index contributed by atoms with van der Waals surface area (Å²) in [6.45, 7) is 21.4. The second-order valence-electron chi connectivity index (χ2n) is 9.98. The van der Waals surface area contributed by atoms with E-state index in [1.54, 1.807) is 0 Å². The maximum absolute atomic E-state index is 5.15. The van der Waals surface area contributed by atoms with Crippen LogP contribution in [-0.2, 0) is 0 Å². The SMILES string of the molecule is C=C/C(CC)=N\C(=C/C)N(C)c1cc(-c2cccc([C@@H](C)CCC)n2)cc(C(CCC)CCC)c1C=C. The summed E-state index contributed by atoms with van der Waals surface area (Å²) < 4.78 is 0. The van der Waals surface area contributed by atoms with E-state index in [9.17, 15) is 0 Å². The predicted octanol–water partition coefficient (Wildman–Crippen LogP) is 10.3. The Morgan fingerprint density at radius 1 is 1.03 bits per heavy atom. The van der Waals surface area contributed by atoms with Gasteiger partial charge in [-0.25, -0.2) is 4.99 Å². The van der Waals surface area contributed by atoms with Gasteiger partial charge in [-0.1, -0.05) is 79.2 Å². The highest BCUT2D eigenvalue weighted by molar-refractivity contribution is 5.95. The van der Waals surface area contributed by atoms with Crippen molar-refractivity contribution in [1.82, 2.24) is 4.98 Å². The summed E-state index contributed by atoms with van der Waals surface area (Å²) in [5, 5.41) is 0. The minimum absolute atomic E-state index is 0.447. The number of hydrogen-bond acceptors (Lipinski definition) is 3. The van der Waals surface area contributed by atoms with Crippen molar-refractivity contribution in [3.05, 3.63) is 78.3 Å². The fourth-order valence-electron chi connectivity index (χ4n) is 5.14. The molecule has 0 aliphatic carbocycles. The lowest BCUT2D eigenvalue weighted by Crippen LogP contribution is -2.18. The number of aromatic nitrogens is 1. The highest BCUT2D eigenvalue weighted by Gasteiger charge is 2.21. The van der Waals surface area contributed by atoms with E-state index >= 15 is 0 Å². The number of hydrogen-bond donors (Lipinski definition) is 0. The van der Waals surface area contributed by atoms with E-state index in [0.717, 1.165) is 73.4 Å². The summed E-state index contributed by atoms with van der Waals surface area (Å²) in [5.41, 5.74) is 8.01. The number of allylic oxidation sites excluding steroid dienone is 2. The number of pyridine rings is 1.